The second kappa shape index (κ2) is 3.87. The van der Waals surface area contributed by atoms with E-state index in [1.54, 1.807) is 26.0 Å². The van der Waals surface area contributed by atoms with Crippen LogP contribution in [-0.4, -0.2) is 11.3 Å². The van der Waals surface area contributed by atoms with E-state index in [1.165, 1.54) is 0 Å². The molecule has 1 aromatic carbocycles. The van der Waals surface area contributed by atoms with E-state index in [0.717, 1.165) is 0 Å². The van der Waals surface area contributed by atoms with E-state index in [0.29, 0.717) is 23.2 Å². The van der Waals surface area contributed by atoms with Gasteiger partial charge in [0.1, 0.15) is 0 Å². The van der Waals surface area contributed by atoms with E-state index < -0.39 is 4.92 Å². The van der Waals surface area contributed by atoms with Gasteiger partial charge in [-0.3, -0.25) is 14.9 Å². The number of amides is 1. The standard InChI is InChI=1S/C9H10N2O3/c1-6-3-8(10-5-12)4-7(2)9(6)11(13)14/h3-5H,1-2H3,(H,10,12). The van der Waals surface area contributed by atoms with Crippen molar-refractivity contribution in [3.05, 3.63) is 33.4 Å². The molecule has 0 saturated carbocycles. The van der Waals surface area contributed by atoms with E-state index in [2.05, 4.69) is 5.32 Å². The van der Waals surface area contributed by atoms with Gasteiger partial charge in [-0.1, -0.05) is 0 Å². The number of hydrogen-bond donors (Lipinski definition) is 1. The van der Waals surface area contributed by atoms with Gasteiger partial charge in [-0.25, -0.2) is 0 Å². The fourth-order valence-electron chi connectivity index (χ4n) is 1.40. The van der Waals surface area contributed by atoms with Crippen molar-refractivity contribution < 1.29 is 9.72 Å². The van der Waals surface area contributed by atoms with Crippen molar-refractivity contribution in [2.45, 2.75) is 13.8 Å². The molecule has 0 bridgehead atoms. The quantitative estimate of drug-likeness (QED) is 0.453. The first-order valence-electron chi connectivity index (χ1n) is 4.02. The van der Waals surface area contributed by atoms with E-state index in [-0.39, 0.29) is 5.69 Å². The maximum atomic E-state index is 10.6. The fraction of sp³-hybridized carbons (Fsp3) is 0.222. The second-order valence-electron chi connectivity index (χ2n) is 2.98. The summed E-state index contributed by atoms with van der Waals surface area (Å²) in [5.41, 5.74) is 1.75. The number of nitro benzene ring substituents is 1. The Hall–Kier alpha value is -1.91. The van der Waals surface area contributed by atoms with Gasteiger partial charge in [0.2, 0.25) is 6.41 Å². The Morgan fingerprint density at radius 2 is 1.86 bits per heavy atom. The molecule has 0 heterocycles. The number of anilines is 1. The molecule has 0 saturated heterocycles. The molecule has 74 valence electrons. The number of carbonyl (C=O) groups excluding carboxylic acids is 1. The first kappa shape index (κ1) is 10.2. The molecule has 0 spiro atoms. The topological polar surface area (TPSA) is 72.2 Å². The Balaban J connectivity index is 3.24. The highest BCUT2D eigenvalue weighted by Crippen LogP contribution is 2.26. The van der Waals surface area contributed by atoms with Crippen LogP contribution in [-0.2, 0) is 4.79 Å². The average Bonchev–Trinajstić information content (AvgIpc) is 2.01. The summed E-state index contributed by atoms with van der Waals surface area (Å²) in [5.74, 6) is 0. The van der Waals surface area contributed by atoms with Crippen molar-refractivity contribution in [2.24, 2.45) is 0 Å². The highest BCUT2D eigenvalue weighted by Gasteiger charge is 2.14. The van der Waals surface area contributed by atoms with Crippen molar-refractivity contribution in [3.8, 4) is 0 Å². The van der Waals surface area contributed by atoms with Crippen LogP contribution in [0.25, 0.3) is 0 Å². The highest BCUT2D eigenvalue weighted by atomic mass is 16.6. The third-order valence-corrected chi connectivity index (χ3v) is 1.90. The maximum absolute atomic E-state index is 10.6. The summed E-state index contributed by atoms with van der Waals surface area (Å²) in [6.07, 6.45) is 0.542. The van der Waals surface area contributed by atoms with Gasteiger partial charge in [0.05, 0.1) is 4.92 Å². The number of hydrogen-bond acceptors (Lipinski definition) is 3. The first-order valence-corrected chi connectivity index (χ1v) is 4.02. The molecule has 0 fully saturated rings. The summed E-state index contributed by atoms with van der Waals surface area (Å²) in [6.45, 7) is 3.28. The van der Waals surface area contributed by atoms with Crippen LogP contribution in [0.1, 0.15) is 11.1 Å². The van der Waals surface area contributed by atoms with Gasteiger partial charge < -0.3 is 5.32 Å². The predicted molar refractivity (Wildman–Crippen MR) is 52.3 cm³/mol. The van der Waals surface area contributed by atoms with Crippen molar-refractivity contribution in [3.63, 3.8) is 0 Å². The lowest BCUT2D eigenvalue weighted by atomic mass is 10.1. The number of nitrogens with zero attached hydrogens (tertiary/aromatic N) is 1. The van der Waals surface area contributed by atoms with E-state index >= 15 is 0 Å². The van der Waals surface area contributed by atoms with Gasteiger partial charge in [-0.2, -0.15) is 0 Å². The predicted octanol–water partition coefficient (Wildman–Crippen LogP) is 1.78. The molecule has 0 unspecified atom stereocenters. The van der Waals surface area contributed by atoms with Crippen LogP contribution < -0.4 is 5.32 Å². The summed E-state index contributed by atoms with van der Waals surface area (Å²) in [5, 5.41) is 13.1. The molecule has 1 amide bonds. The molecule has 1 rings (SSSR count). The SMILES string of the molecule is Cc1cc(NC=O)cc(C)c1[N+](=O)[O-]. The molecule has 1 aromatic rings. The van der Waals surface area contributed by atoms with Gasteiger partial charge in [0.25, 0.3) is 5.69 Å². The molecule has 0 atom stereocenters. The summed E-state index contributed by atoms with van der Waals surface area (Å²) in [4.78, 5) is 20.4. The Morgan fingerprint density at radius 1 is 1.36 bits per heavy atom. The van der Waals surface area contributed by atoms with Gasteiger partial charge in [0, 0.05) is 16.8 Å². The van der Waals surface area contributed by atoms with Crippen LogP contribution in [0.5, 0.6) is 0 Å². The van der Waals surface area contributed by atoms with Gasteiger partial charge in [-0.15, -0.1) is 0 Å². The lowest BCUT2D eigenvalue weighted by Crippen LogP contribution is -1.99. The monoisotopic (exact) mass is 194 g/mol. The molecule has 5 heteroatoms. The van der Waals surface area contributed by atoms with E-state index in [1.807, 2.05) is 0 Å². The molecular weight excluding hydrogens is 184 g/mol. The Morgan fingerprint density at radius 3 is 2.21 bits per heavy atom. The summed E-state index contributed by atoms with van der Waals surface area (Å²) in [7, 11) is 0. The van der Waals surface area contributed by atoms with Crippen LogP contribution in [0.2, 0.25) is 0 Å². The summed E-state index contributed by atoms with van der Waals surface area (Å²) < 4.78 is 0. The van der Waals surface area contributed by atoms with E-state index in [9.17, 15) is 14.9 Å². The maximum Gasteiger partial charge on any atom is 0.275 e. The molecule has 14 heavy (non-hydrogen) atoms. The molecule has 5 nitrogen and oxygen atoms in total. The molecule has 0 aromatic heterocycles. The molecular formula is C9H10N2O3. The number of rotatable bonds is 3. The van der Waals surface area contributed by atoms with Crippen LogP contribution >= 0.6 is 0 Å². The fourth-order valence-corrected chi connectivity index (χ4v) is 1.40. The van der Waals surface area contributed by atoms with Crippen LogP contribution in [0.4, 0.5) is 11.4 Å². The van der Waals surface area contributed by atoms with Crippen molar-refractivity contribution >= 4 is 17.8 Å². The molecule has 0 aliphatic carbocycles. The minimum atomic E-state index is -0.421. The number of aryl methyl sites for hydroxylation is 2. The minimum Gasteiger partial charge on any atom is -0.329 e. The van der Waals surface area contributed by atoms with Crippen molar-refractivity contribution in [1.82, 2.24) is 0 Å². The largest absolute Gasteiger partial charge is 0.329 e. The molecule has 0 radical (unpaired) electrons. The van der Waals surface area contributed by atoms with Gasteiger partial charge in [0.15, 0.2) is 0 Å². The molecule has 1 N–H and O–H groups in total. The zero-order chi connectivity index (χ0) is 10.7. The normalized spacial score (nSPS) is 9.57. The third kappa shape index (κ3) is 1.87. The molecule has 0 aliphatic heterocycles. The third-order valence-electron chi connectivity index (χ3n) is 1.90. The van der Waals surface area contributed by atoms with Crippen molar-refractivity contribution in [1.29, 1.82) is 0 Å². The molecule has 0 aliphatic rings. The number of benzene rings is 1. The number of nitrogens with one attached hydrogen (secondary N) is 1. The number of nitro groups is 1. The van der Waals surface area contributed by atoms with Crippen molar-refractivity contribution in [2.75, 3.05) is 5.32 Å². The zero-order valence-corrected chi connectivity index (χ0v) is 7.90. The number of carbonyl (C=O) groups is 1. The summed E-state index contributed by atoms with van der Waals surface area (Å²) in [6, 6.07) is 3.14. The van der Waals surface area contributed by atoms with Gasteiger partial charge >= 0.3 is 0 Å². The van der Waals surface area contributed by atoms with Crippen LogP contribution in [0.15, 0.2) is 12.1 Å². The lowest BCUT2D eigenvalue weighted by Gasteiger charge is -2.04. The second-order valence-corrected chi connectivity index (χ2v) is 2.98. The van der Waals surface area contributed by atoms with Crippen LogP contribution in [0.3, 0.4) is 0 Å². The summed E-state index contributed by atoms with van der Waals surface area (Å²) >= 11 is 0. The van der Waals surface area contributed by atoms with Crippen LogP contribution in [0, 0.1) is 24.0 Å². The van der Waals surface area contributed by atoms with Gasteiger partial charge in [-0.05, 0) is 26.0 Å². The van der Waals surface area contributed by atoms with E-state index in [4.69, 9.17) is 0 Å². The Bertz CT molecular complexity index is 365. The Labute approximate surface area is 80.9 Å². The lowest BCUT2D eigenvalue weighted by molar-refractivity contribution is -0.386. The zero-order valence-electron chi connectivity index (χ0n) is 7.90. The Kier molecular flexibility index (Phi) is 2.81. The average molecular weight is 194 g/mol. The smallest absolute Gasteiger partial charge is 0.275 e. The minimum absolute atomic E-state index is 0.0986. The first-order chi connectivity index (χ1) is 6.56. The highest BCUT2D eigenvalue weighted by molar-refractivity contribution is 5.73.